The van der Waals surface area contributed by atoms with E-state index in [2.05, 4.69) is 34.3 Å². The van der Waals surface area contributed by atoms with Crippen molar-refractivity contribution in [3.63, 3.8) is 0 Å². The van der Waals surface area contributed by atoms with Crippen molar-refractivity contribution in [3.05, 3.63) is 53.6 Å². The number of piperazine rings is 1. The lowest BCUT2D eigenvalue weighted by molar-refractivity contribution is -0.116. The second-order valence-corrected chi connectivity index (χ2v) is 8.39. The minimum Gasteiger partial charge on any atom is -0.369 e. The summed E-state index contributed by atoms with van der Waals surface area (Å²) in [6, 6.07) is 14.1. The standard InChI is InChI=1S/C24H30N4O2/c1-17(2)27-12-14-28(15-13-27)21-9-6-18(7-10-21)24(30)25-20-8-11-22-19(16-20)4-3-5-23(29)26-22/h6-11,16-17H,3-5,12-15H2,1-2H3,(H,25,30)(H,26,29). The van der Waals surface area contributed by atoms with E-state index < -0.39 is 0 Å². The number of benzene rings is 2. The lowest BCUT2D eigenvalue weighted by Crippen LogP contribution is -2.48. The molecule has 0 bridgehead atoms. The van der Waals surface area contributed by atoms with Gasteiger partial charge in [0, 0.05) is 61.3 Å². The number of hydrogen-bond acceptors (Lipinski definition) is 4. The Labute approximate surface area is 178 Å². The third-order valence-corrected chi connectivity index (χ3v) is 6.03. The Balaban J connectivity index is 1.39. The number of hydrogen-bond donors (Lipinski definition) is 2. The highest BCUT2D eigenvalue weighted by atomic mass is 16.2. The average molecular weight is 407 g/mol. The predicted molar refractivity (Wildman–Crippen MR) is 121 cm³/mol. The summed E-state index contributed by atoms with van der Waals surface area (Å²) in [5.41, 5.74) is 4.47. The maximum absolute atomic E-state index is 12.7. The molecule has 1 fully saturated rings. The van der Waals surface area contributed by atoms with Crippen molar-refractivity contribution >= 4 is 28.9 Å². The van der Waals surface area contributed by atoms with Gasteiger partial charge in [-0.25, -0.2) is 0 Å². The molecule has 2 aromatic rings. The first kappa shape index (κ1) is 20.4. The maximum atomic E-state index is 12.7. The zero-order chi connectivity index (χ0) is 21.1. The van der Waals surface area contributed by atoms with Crippen LogP contribution in [0, 0.1) is 0 Å². The van der Waals surface area contributed by atoms with Crippen LogP contribution in [-0.2, 0) is 11.2 Å². The number of rotatable bonds is 4. The monoisotopic (exact) mass is 406 g/mol. The molecule has 2 heterocycles. The number of fused-ring (bicyclic) bond motifs is 1. The summed E-state index contributed by atoms with van der Waals surface area (Å²) in [6.45, 7) is 8.63. The van der Waals surface area contributed by atoms with Crippen LogP contribution in [0.4, 0.5) is 17.1 Å². The lowest BCUT2D eigenvalue weighted by Gasteiger charge is -2.38. The van der Waals surface area contributed by atoms with Crippen LogP contribution in [0.5, 0.6) is 0 Å². The Morgan fingerprint density at radius 1 is 1.00 bits per heavy atom. The molecular formula is C24H30N4O2. The van der Waals surface area contributed by atoms with Gasteiger partial charge in [-0.1, -0.05) is 0 Å². The molecule has 0 radical (unpaired) electrons. The second-order valence-electron chi connectivity index (χ2n) is 8.39. The average Bonchev–Trinajstić information content (AvgIpc) is 2.94. The van der Waals surface area contributed by atoms with Crippen LogP contribution in [-0.4, -0.2) is 48.9 Å². The fourth-order valence-corrected chi connectivity index (χ4v) is 4.18. The van der Waals surface area contributed by atoms with Gasteiger partial charge in [-0.05, 0) is 74.7 Å². The van der Waals surface area contributed by atoms with E-state index in [1.807, 2.05) is 42.5 Å². The molecule has 0 spiro atoms. The molecule has 0 saturated carbocycles. The van der Waals surface area contributed by atoms with Gasteiger partial charge in [-0.15, -0.1) is 0 Å². The van der Waals surface area contributed by atoms with Crippen molar-refractivity contribution in [2.75, 3.05) is 41.7 Å². The number of amides is 2. The molecule has 0 aliphatic carbocycles. The van der Waals surface area contributed by atoms with E-state index in [9.17, 15) is 9.59 Å². The molecule has 1 saturated heterocycles. The van der Waals surface area contributed by atoms with Gasteiger partial charge in [-0.2, -0.15) is 0 Å². The first-order chi connectivity index (χ1) is 14.5. The molecule has 0 aromatic heterocycles. The highest BCUT2D eigenvalue weighted by Gasteiger charge is 2.19. The molecule has 2 aliphatic rings. The third-order valence-electron chi connectivity index (χ3n) is 6.03. The van der Waals surface area contributed by atoms with Gasteiger partial charge in [-0.3, -0.25) is 14.5 Å². The molecule has 30 heavy (non-hydrogen) atoms. The molecule has 0 atom stereocenters. The molecule has 2 aromatic carbocycles. The van der Waals surface area contributed by atoms with Crippen molar-refractivity contribution in [1.82, 2.24) is 4.90 Å². The van der Waals surface area contributed by atoms with Crippen LogP contribution < -0.4 is 15.5 Å². The van der Waals surface area contributed by atoms with E-state index in [4.69, 9.17) is 0 Å². The van der Waals surface area contributed by atoms with E-state index in [0.717, 1.165) is 61.6 Å². The van der Waals surface area contributed by atoms with Crippen molar-refractivity contribution in [2.45, 2.75) is 39.2 Å². The number of anilines is 3. The first-order valence-electron chi connectivity index (χ1n) is 10.8. The van der Waals surface area contributed by atoms with Crippen LogP contribution >= 0.6 is 0 Å². The fraction of sp³-hybridized carbons (Fsp3) is 0.417. The van der Waals surface area contributed by atoms with Crippen molar-refractivity contribution < 1.29 is 9.59 Å². The summed E-state index contributed by atoms with van der Waals surface area (Å²) in [5.74, 6) is -0.0694. The van der Waals surface area contributed by atoms with Crippen molar-refractivity contribution in [3.8, 4) is 0 Å². The zero-order valence-corrected chi connectivity index (χ0v) is 17.8. The van der Waals surface area contributed by atoms with E-state index in [0.29, 0.717) is 18.0 Å². The maximum Gasteiger partial charge on any atom is 0.255 e. The summed E-state index contributed by atoms with van der Waals surface area (Å²) >= 11 is 0. The number of nitrogens with zero attached hydrogens (tertiary/aromatic N) is 2. The van der Waals surface area contributed by atoms with E-state index in [1.165, 1.54) is 0 Å². The van der Waals surface area contributed by atoms with E-state index >= 15 is 0 Å². The predicted octanol–water partition coefficient (Wildman–Crippen LogP) is 3.74. The Bertz CT molecular complexity index is 915. The smallest absolute Gasteiger partial charge is 0.255 e. The summed E-state index contributed by atoms with van der Waals surface area (Å²) < 4.78 is 0. The van der Waals surface area contributed by atoms with Crippen LogP contribution in [0.3, 0.4) is 0 Å². The van der Waals surface area contributed by atoms with Gasteiger partial charge < -0.3 is 15.5 Å². The Morgan fingerprint density at radius 2 is 1.73 bits per heavy atom. The molecule has 2 aliphatic heterocycles. The van der Waals surface area contributed by atoms with Crippen molar-refractivity contribution in [2.24, 2.45) is 0 Å². The SMILES string of the molecule is CC(C)N1CCN(c2ccc(C(=O)Nc3ccc4c(c3)CCCC(=O)N4)cc2)CC1. The van der Waals surface area contributed by atoms with Gasteiger partial charge in [0.05, 0.1) is 0 Å². The highest BCUT2D eigenvalue weighted by Crippen LogP contribution is 2.26. The summed E-state index contributed by atoms with van der Waals surface area (Å²) in [7, 11) is 0. The molecule has 158 valence electrons. The minimum absolute atomic E-state index is 0.0521. The van der Waals surface area contributed by atoms with Crippen molar-refractivity contribution in [1.29, 1.82) is 0 Å². The van der Waals surface area contributed by atoms with E-state index in [1.54, 1.807) is 0 Å². The largest absolute Gasteiger partial charge is 0.369 e. The number of carbonyl (C=O) groups excluding carboxylic acids is 2. The summed E-state index contributed by atoms with van der Waals surface area (Å²) in [5, 5.41) is 5.91. The Morgan fingerprint density at radius 3 is 2.43 bits per heavy atom. The van der Waals surface area contributed by atoms with Gasteiger partial charge >= 0.3 is 0 Å². The van der Waals surface area contributed by atoms with Crippen LogP contribution in [0.25, 0.3) is 0 Å². The van der Waals surface area contributed by atoms with Crippen LogP contribution in [0.15, 0.2) is 42.5 Å². The molecule has 6 nitrogen and oxygen atoms in total. The topological polar surface area (TPSA) is 64.7 Å². The zero-order valence-electron chi connectivity index (χ0n) is 17.8. The molecule has 0 unspecified atom stereocenters. The number of aryl methyl sites for hydroxylation is 1. The van der Waals surface area contributed by atoms with Gasteiger partial charge in [0.25, 0.3) is 5.91 Å². The molecule has 2 N–H and O–H groups in total. The van der Waals surface area contributed by atoms with Crippen LogP contribution in [0.1, 0.15) is 42.6 Å². The second kappa shape index (κ2) is 8.88. The number of nitrogens with one attached hydrogen (secondary N) is 2. The highest BCUT2D eigenvalue weighted by molar-refractivity contribution is 6.04. The Hall–Kier alpha value is -2.86. The Kier molecular flexibility index (Phi) is 6.04. The molecule has 4 rings (SSSR count). The first-order valence-corrected chi connectivity index (χ1v) is 10.8. The van der Waals surface area contributed by atoms with Gasteiger partial charge in [0.2, 0.25) is 5.91 Å². The lowest BCUT2D eigenvalue weighted by atomic mass is 10.1. The molecule has 6 heteroatoms. The van der Waals surface area contributed by atoms with Crippen LogP contribution in [0.2, 0.25) is 0 Å². The van der Waals surface area contributed by atoms with E-state index in [-0.39, 0.29) is 11.8 Å². The normalized spacial score (nSPS) is 17.3. The molecule has 2 amide bonds. The quantitative estimate of drug-likeness (QED) is 0.812. The van der Waals surface area contributed by atoms with Gasteiger partial charge in [0.15, 0.2) is 0 Å². The molecular weight excluding hydrogens is 376 g/mol. The van der Waals surface area contributed by atoms with Gasteiger partial charge in [0.1, 0.15) is 0 Å². The fourth-order valence-electron chi connectivity index (χ4n) is 4.18. The third kappa shape index (κ3) is 4.65. The summed E-state index contributed by atoms with van der Waals surface area (Å²) in [6.07, 6.45) is 2.19. The number of carbonyl (C=O) groups is 2. The summed E-state index contributed by atoms with van der Waals surface area (Å²) in [4.78, 5) is 29.3. The minimum atomic E-state index is -0.121.